The minimum atomic E-state index is -0.145. The number of amides is 1. The van der Waals surface area contributed by atoms with E-state index < -0.39 is 0 Å². The summed E-state index contributed by atoms with van der Waals surface area (Å²) in [5.41, 5.74) is 7.93. The van der Waals surface area contributed by atoms with Gasteiger partial charge in [0, 0.05) is 16.4 Å². The molecular weight excluding hydrogens is 296 g/mol. The summed E-state index contributed by atoms with van der Waals surface area (Å²) in [4.78, 5) is 11.8. The van der Waals surface area contributed by atoms with E-state index in [-0.39, 0.29) is 12.5 Å². The van der Waals surface area contributed by atoms with E-state index in [1.807, 2.05) is 25.1 Å². The molecule has 0 unspecified atom stereocenters. The molecule has 1 aromatic carbocycles. The highest BCUT2D eigenvalue weighted by molar-refractivity contribution is 9.10. The number of nitrogens with two attached hydrogens (primary N) is 1. The van der Waals surface area contributed by atoms with Crippen LogP contribution in [0.3, 0.4) is 0 Å². The fourth-order valence-corrected chi connectivity index (χ4v) is 1.86. The average molecular weight is 309 g/mol. The zero-order valence-corrected chi connectivity index (χ0v) is 11.4. The molecule has 0 saturated heterocycles. The summed E-state index contributed by atoms with van der Waals surface area (Å²) in [5, 5.41) is 6.75. The second-order valence-corrected chi connectivity index (χ2v) is 4.84. The van der Waals surface area contributed by atoms with Crippen LogP contribution in [0.15, 0.2) is 35.1 Å². The summed E-state index contributed by atoms with van der Waals surface area (Å²) in [7, 11) is 0. The van der Waals surface area contributed by atoms with E-state index in [1.165, 1.54) is 10.9 Å². The summed E-state index contributed by atoms with van der Waals surface area (Å²) >= 11 is 3.42. The Hall–Kier alpha value is -1.82. The molecule has 94 valence electrons. The third-order valence-electron chi connectivity index (χ3n) is 2.41. The molecule has 3 N–H and O–H groups in total. The number of hydrogen-bond donors (Lipinski definition) is 2. The lowest BCUT2D eigenvalue weighted by Gasteiger charge is -2.07. The van der Waals surface area contributed by atoms with Gasteiger partial charge in [-0.15, -0.1) is 0 Å². The average Bonchev–Trinajstić information content (AvgIpc) is 2.69. The summed E-state index contributed by atoms with van der Waals surface area (Å²) < 4.78 is 2.46. The lowest BCUT2D eigenvalue weighted by Crippen LogP contribution is -2.19. The van der Waals surface area contributed by atoms with E-state index in [2.05, 4.69) is 26.3 Å². The molecule has 0 aliphatic rings. The summed E-state index contributed by atoms with van der Waals surface area (Å²) in [5.74, 6) is -0.145. The van der Waals surface area contributed by atoms with Crippen LogP contribution in [0.1, 0.15) is 5.56 Å². The van der Waals surface area contributed by atoms with Gasteiger partial charge < -0.3 is 11.1 Å². The smallest absolute Gasteiger partial charge is 0.246 e. The standard InChI is InChI=1S/C12H13BrN4O/c1-8-2-3-10(4-11(8)13)16-12(18)7-17-6-9(14)5-15-17/h2-6H,7,14H2,1H3,(H,16,18). The molecule has 0 aliphatic heterocycles. The second kappa shape index (κ2) is 5.22. The quantitative estimate of drug-likeness (QED) is 0.912. The highest BCUT2D eigenvalue weighted by Crippen LogP contribution is 2.20. The maximum atomic E-state index is 11.8. The Balaban J connectivity index is 2.00. The Morgan fingerprint density at radius 1 is 1.56 bits per heavy atom. The number of nitrogens with zero attached hydrogens (tertiary/aromatic N) is 2. The largest absolute Gasteiger partial charge is 0.396 e. The lowest BCUT2D eigenvalue weighted by atomic mass is 10.2. The van der Waals surface area contributed by atoms with Crippen LogP contribution in [0.4, 0.5) is 11.4 Å². The van der Waals surface area contributed by atoms with Gasteiger partial charge in [0.25, 0.3) is 0 Å². The summed E-state index contributed by atoms with van der Waals surface area (Å²) in [6.45, 7) is 2.13. The van der Waals surface area contributed by atoms with E-state index >= 15 is 0 Å². The first-order chi connectivity index (χ1) is 8.54. The maximum absolute atomic E-state index is 11.8. The molecule has 0 radical (unpaired) electrons. The third kappa shape index (κ3) is 3.10. The number of rotatable bonds is 3. The van der Waals surface area contributed by atoms with Gasteiger partial charge in [-0.25, -0.2) is 0 Å². The van der Waals surface area contributed by atoms with Crippen LogP contribution < -0.4 is 11.1 Å². The number of nitrogens with one attached hydrogen (secondary N) is 1. The van der Waals surface area contributed by atoms with Crippen molar-refractivity contribution in [1.82, 2.24) is 9.78 Å². The molecular formula is C12H13BrN4O. The third-order valence-corrected chi connectivity index (χ3v) is 3.27. The van der Waals surface area contributed by atoms with Crippen molar-refractivity contribution in [3.63, 3.8) is 0 Å². The van der Waals surface area contributed by atoms with E-state index in [4.69, 9.17) is 5.73 Å². The molecule has 0 fully saturated rings. The van der Waals surface area contributed by atoms with E-state index in [1.54, 1.807) is 6.20 Å². The van der Waals surface area contributed by atoms with E-state index in [9.17, 15) is 4.79 Å². The topological polar surface area (TPSA) is 72.9 Å². The minimum absolute atomic E-state index is 0.142. The van der Waals surface area contributed by atoms with Crippen molar-refractivity contribution in [2.75, 3.05) is 11.1 Å². The number of aromatic nitrogens is 2. The first-order valence-corrected chi connectivity index (χ1v) is 6.18. The van der Waals surface area contributed by atoms with Gasteiger partial charge in [0.1, 0.15) is 6.54 Å². The van der Waals surface area contributed by atoms with Crippen LogP contribution in [-0.2, 0) is 11.3 Å². The van der Waals surface area contributed by atoms with Crippen molar-refractivity contribution in [3.05, 3.63) is 40.6 Å². The highest BCUT2D eigenvalue weighted by atomic mass is 79.9. The molecule has 2 aromatic rings. The fraction of sp³-hybridized carbons (Fsp3) is 0.167. The SMILES string of the molecule is Cc1ccc(NC(=O)Cn2cc(N)cn2)cc1Br. The normalized spacial score (nSPS) is 10.3. The van der Waals surface area contributed by atoms with Crippen LogP contribution in [0.25, 0.3) is 0 Å². The van der Waals surface area contributed by atoms with Crippen molar-refractivity contribution >= 4 is 33.2 Å². The van der Waals surface area contributed by atoms with Crippen molar-refractivity contribution in [3.8, 4) is 0 Å². The molecule has 1 amide bonds. The number of benzene rings is 1. The van der Waals surface area contributed by atoms with Gasteiger partial charge >= 0.3 is 0 Å². The summed E-state index contributed by atoms with van der Waals surface area (Å²) in [6.07, 6.45) is 3.13. The molecule has 0 atom stereocenters. The number of hydrogen-bond acceptors (Lipinski definition) is 3. The Kier molecular flexibility index (Phi) is 3.66. The van der Waals surface area contributed by atoms with E-state index in [0.717, 1.165) is 15.7 Å². The number of nitrogen functional groups attached to an aromatic ring is 1. The zero-order chi connectivity index (χ0) is 13.1. The van der Waals surface area contributed by atoms with Gasteiger partial charge in [-0.1, -0.05) is 22.0 Å². The molecule has 0 saturated carbocycles. The maximum Gasteiger partial charge on any atom is 0.246 e. The molecule has 1 heterocycles. The molecule has 5 nitrogen and oxygen atoms in total. The molecule has 6 heteroatoms. The number of carbonyl (C=O) groups is 1. The van der Waals surface area contributed by atoms with Crippen LogP contribution in [0, 0.1) is 6.92 Å². The van der Waals surface area contributed by atoms with Crippen molar-refractivity contribution < 1.29 is 4.79 Å². The Morgan fingerprint density at radius 3 is 2.94 bits per heavy atom. The Morgan fingerprint density at radius 2 is 2.33 bits per heavy atom. The van der Waals surface area contributed by atoms with Gasteiger partial charge in [0.15, 0.2) is 0 Å². The van der Waals surface area contributed by atoms with Crippen molar-refractivity contribution in [1.29, 1.82) is 0 Å². The van der Waals surface area contributed by atoms with Gasteiger partial charge in [0.05, 0.1) is 11.9 Å². The van der Waals surface area contributed by atoms with Crippen molar-refractivity contribution in [2.45, 2.75) is 13.5 Å². The number of aryl methyl sites for hydroxylation is 1. The predicted molar refractivity (Wildman–Crippen MR) is 74.1 cm³/mol. The summed E-state index contributed by atoms with van der Waals surface area (Å²) in [6, 6.07) is 5.66. The molecule has 2 rings (SSSR count). The lowest BCUT2D eigenvalue weighted by molar-refractivity contribution is -0.116. The van der Waals surface area contributed by atoms with Gasteiger partial charge in [0.2, 0.25) is 5.91 Å². The van der Waals surface area contributed by atoms with Crippen LogP contribution in [0.5, 0.6) is 0 Å². The Labute approximate surface area is 113 Å². The van der Waals surface area contributed by atoms with Gasteiger partial charge in [-0.05, 0) is 24.6 Å². The first-order valence-electron chi connectivity index (χ1n) is 5.38. The van der Waals surface area contributed by atoms with Crippen LogP contribution >= 0.6 is 15.9 Å². The first kappa shape index (κ1) is 12.6. The molecule has 0 bridgehead atoms. The van der Waals surface area contributed by atoms with Crippen LogP contribution in [0.2, 0.25) is 0 Å². The zero-order valence-electron chi connectivity index (χ0n) is 9.85. The van der Waals surface area contributed by atoms with Gasteiger partial charge in [-0.2, -0.15) is 5.10 Å². The van der Waals surface area contributed by atoms with E-state index in [0.29, 0.717) is 5.69 Å². The second-order valence-electron chi connectivity index (χ2n) is 3.98. The monoisotopic (exact) mass is 308 g/mol. The van der Waals surface area contributed by atoms with Gasteiger partial charge in [-0.3, -0.25) is 9.48 Å². The predicted octanol–water partition coefficient (Wildman–Crippen LogP) is 2.17. The number of anilines is 2. The molecule has 0 aliphatic carbocycles. The van der Waals surface area contributed by atoms with Crippen LogP contribution in [-0.4, -0.2) is 15.7 Å². The number of carbonyl (C=O) groups excluding carboxylic acids is 1. The molecule has 0 spiro atoms. The molecule has 1 aromatic heterocycles. The molecule has 18 heavy (non-hydrogen) atoms. The highest BCUT2D eigenvalue weighted by Gasteiger charge is 2.05. The van der Waals surface area contributed by atoms with Crippen molar-refractivity contribution in [2.24, 2.45) is 0 Å². The number of halogens is 1. The Bertz CT molecular complexity index is 579. The fourth-order valence-electron chi connectivity index (χ4n) is 1.48. The minimum Gasteiger partial charge on any atom is -0.396 e.